The van der Waals surface area contributed by atoms with E-state index in [1.54, 1.807) is 6.92 Å². The summed E-state index contributed by atoms with van der Waals surface area (Å²) in [6, 6.07) is 0. The summed E-state index contributed by atoms with van der Waals surface area (Å²) in [4.78, 5) is 10.5. The Kier molecular flexibility index (Phi) is 9.10. The van der Waals surface area contributed by atoms with Gasteiger partial charge in [0.25, 0.3) is 0 Å². The Morgan fingerprint density at radius 2 is 1.62 bits per heavy atom. The molecular weight excluding hydrogens is 166 g/mol. The molecule has 0 aromatic carbocycles. The summed E-state index contributed by atoms with van der Waals surface area (Å²) in [6.45, 7) is 2.66. The summed E-state index contributed by atoms with van der Waals surface area (Å²) in [7, 11) is 0. The maximum absolute atomic E-state index is 10.5. The zero-order valence-electron chi connectivity index (χ0n) is 8.51. The van der Waals surface area contributed by atoms with Gasteiger partial charge < -0.3 is 10.4 Å². The number of aliphatic hydroxyl groups excluding tert-OH is 1. The van der Waals surface area contributed by atoms with Crippen molar-refractivity contribution in [2.24, 2.45) is 0 Å². The van der Waals surface area contributed by atoms with E-state index in [-0.39, 0.29) is 5.91 Å². The van der Waals surface area contributed by atoms with Gasteiger partial charge in [-0.2, -0.15) is 0 Å². The fourth-order valence-corrected chi connectivity index (χ4v) is 1.21. The molecule has 0 atom stereocenters. The number of hydrogen-bond donors (Lipinski definition) is 2. The molecule has 2 N–H and O–H groups in total. The summed E-state index contributed by atoms with van der Waals surface area (Å²) in [5.74, 6) is 0.0558. The zero-order valence-corrected chi connectivity index (χ0v) is 8.51. The number of unbranched alkanes of at least 4 members (excludes halogenated alkanes) is 5. The first-order valence-electron chi connectivity index (χ1n) is 5.12. The van der Waals surface area contributed by atoms with E-state index in [1.165, 1.54) is 19.3 Å². The van der Waals surface area contributed by atoms with Gasteiger partial charge in [0.1, 0.15) is 0 Å². The highest BCUT2D eigenvalue weighted by atomic mass is 16.2. The van der Waals surface area contributed by atoms with Gasteiger partial charge in [0.05, 0.1) is 0 Å². The van der Waals surface area contributed by atoms with Gasteiger partial charge in [-0.25, -0.2) is 0 Å². The molecule has 3 heteroatoms. The average Bonchev–Trinajstić information content (AvgIpc) is 2.09. The molecule has 0 heterocycles. The van der Waals surface area contributed by atoms with E-state index in [0.717, 1.165) is 25.8 Å². The van der Waals surface area contributed by atoms with Crippen LogP contribution in [0.25, 0.3) is 0 Å². The molecule has 0 aliphatic carbocycles. The van der Waals surface area contributed by atoms with E-state index in [4.69, 9.17) is 5.11 Å². The Bertz CT molecular complexity index is 126. The van der Waals surface area contributed by atoms with Gasteiger partial charge >= 0.3 is 0 Å². The van der Waals surface area contributed by atoms with Crippen molar-refractivity contribution in [3.8, 4) is 0 Å². The lowest BCUT2D eigenvalue weighted by Crippen LogP contribution is -2.20. The molecule has 3 nitrogen and oxygen atoms in total. The van der Waals surface area contributed by atoms with Crippen LogP contribution in [0.15, 0.2) is 0 Å². The minimum atomic E-state index is 0.0558. The number of aliphatic hydroxyl groups is 1. The average molecular weight is 187 g/mol. The van der Waals surface area contributed by atoms with E-state index < -0.39 is 0 Å². The van der Waals surface area contributed by atoms with Crippen molar-refractivity contribution >= 4 is 5.91 Å². The summed E-state index contributed by atoms with van der Waals surface area (Å²) in [6.07, 6.45) is 6.69. The molecule has 0 radical (unpaired) electrons. The summed E-state index contributed by atoms with van der Waals surface area (Å²) in [5.41, 5.74) is 0. The first-order chi connectivity index (χ1) is 6.27. The maximum Gasteiger partial charge on any atom is 0.216 e. The molecule has 0 aromatic heterocycles. The van der Waals surface area contributed by atoms with Gasteiger partial charge in [-0.1, -0.05) is 25.7 Å². The van der Waals surface area contributed by atoms with Crippen molar-refractivity contribution in [2.45, 2.75) is 45.4 Å². The van der Waals surface area contributed by atoms with Crippen molar-refractivity contribution < 1.29 is 9.90 Å². The fraction of sp³-hybridized carbons (Fsp3) is 0.900. The SMILES string of the molecule is CC(=O)NCCCCCCCCO. The quantitative estimate of drug-likeness (QED) is 0.565. The lowest BCUT2D eigenvalue weighted by Gasteiger charge is -2.01. The van der Waals surface area contributed by atoms with Gasteiger partial charge in [0.15, 0.2) is 0 Å². The Morgan fingerprint density at radius 1 is 1.08 bits per heavy atom. The summed E-state index contributed by atoms with van der Waals surface area (Å²) >= 11 is 0. The van der Waals surface area contributed by atoms with Gasteiger partial charge in [-0.15, -0.1) is 0 Å². The Labute approximate surface area is 80.5 Å². The molecule has 0 saturated carbocycles. The number of hydrogen-bond acceptors (Lipinski definition) is 2. The van der Waals surface area contributed by atoms with Crippen molar-refractivity contribution in [3.63, 3.8) is 0 Å². The molecule has 0 rings (SSSR count). The molecular formula is C10H21NO2. The highest BCUT2D eigenvalue weighted by Crippen LogP contribution is 2.04. The highest BCUT2D eigenvalue weighted by molar-refractivity contribution is 5.72. The van der Waals surface area contributed by atoms with Crippen molar-refractivity contribution in [3.05, 3.63) is 0 Å². The third kappa shape index (κ3) is 11.4. The van der Waals surface area contributed by atoms with Crippen LogP contribution >= 0.6 is 0 Å². The Hall–Kier alpha value is -0.570. The molecule has 78 valence electrons. The highest BCUT2D eigenvalue weighted by Gasteiger charge is 1.92. The van der Waals surface area contributed by atoms with E-state index in [2.05, 4.69) is 5.32 Å². The second-order valence-corrected chi connectivity index (χ2v) is 3.33. The number of rotatable bonds is 8. The largest absolute Gasteiger partial charge is 0.396 e. The first kappa shape index (κ1) is 12.4. The van der Waals surface area contributed by atoms with E-state index in [1.807, 2.05) is 0 Å². The number of carbonyl (C=O) groups is 1. The molecule has 0 aliphatic rings. The van der Waals surface area contributed by atoms with Gasteiger partial charge in [-0.3, -0.25) is 4.79 Å². The molecule has 0 aromatic rings. The number of nitrogens with one attached hydrogen (secondary N) is 1. The van der Waals surface area contributed by atoms with Crippen molar-refractivity contribution in [1.29, 1.82) is 0 Å². The second-order valence-electron chi connectivity index (χ2n) is 3.33. The van der Waals surface area contributed by atoms with Gasteiger partial charge in [0.2, 0.25) is 5.91 Å². The fourth-order valence-electron chi connectivity index (χ4n) is 1.21. The predicted octanol–water partition coefficient (Wildman–Crippen LogP) is 1.46. The summed E-state index contributed by atoms with van der Waals surface area (Å²) in [5, 5.41) is 11.3. The third-order valence-electron chi connectivity index (χ3n) is 1.96. The van der Waals surface area contributed by atoms with E-state index >= 15 is 0 Å². The normalized spacial score (nSPS) is 10.0. The van der Waals surface area contributed by atoms with Crippen LogP contribution in [0.3, 0.4) is 0 Å². The molecule has 0 saturated heterocycles. The number of carbonyl (C=O) groups excluding carboxylic acids is 1. The summed E-state index contributed by atoms with van der Waals surface area (Å²) < 4.78 is 0. The zero-order chi connectivity index (χ0) is 9.94. The monoisotopic (exact) mass is 187 g/mol. The van der Waals surface area contributed by atoms with Crippen LogP contribution < -0.4 is 5.32 Å². The molecule has 0 spiro atoms. The Morgan fingerprint density at radius 3 is 2.15 bits per heavy atom. The van der Waals surface area contributed by atoms with Crippen molar-refractivity contribution in [1.82, 2.24) is 5.32 Å². The van der Waals surface area contributed by atoms with Crippen LogP contribution in [-0.4, -0.2) is 24.2 Å². The topological polar surface area (TPSA) is 49.3 Å². The van der Waals surface area contributed by atoms with Crippen LogP contribution in [0, 0.1) is 0 Å². The molecule has 13 heavy (non-hydrogen) atoms. The maximum atomic E-state index is 10.5. The smallest absolute Gasteiger partial charge is 0.216 e. The second kappa shape index (κ2) is 9.52. The lowest BCUT2D eigenvalue weighted by atomic mass is 10.1. The first-order valence-corrected chi connectivity index (χ1v) is 5.12. The molecule has 0 fully saturated rings. The molecule has 1 amide bonds. The minimum absolute atomic E-state index is 0.0558. The van der Waals surface area contributed by atoms with Crippen LogP contribution in [0.4, 0.5) is 0 Å². The van der Waals surface area contributed by atoms with Crippen LogP contribution in [-0.2, 0) is 4.79 Å². The minimum Gasteiger partial charge on any atom is -0.396 e. The van der Waals surface area contributed by atoms with E-state index in [9.17, 15) is 4.79 Å². The lowest BCUT2D eigenvalue weighted by molar-refractivity contribution is -0.118. The van der Waals surface area contributed by atoms with Crippen LogP contribution in [0.2, 0.25) is 0 Å². The standard InChI is InChI=1S/C10H21NO2/c1-10(13)11-8-6-4-2-3-5-7-9-12/h12H,2-9H2,1H3,(H,11,13). The Balaban J connectivity index is 2.87. The molecule has 0 unspecified atom stereocenters. The number of amides is 1. The van der Waals surface area contributed by atoms with E-state index in [0.29, 0.717) is 6.61 Å². The third-order valence-corrected chi connectivity index (χ3v) is 1.96. The van der Waals surface area contributed by atoms with Crippen molar-refractivity contribution in [2.75, 3.05) is 13.2 Å². The molecule has 0 aliphatic heterocycles. The molecule has 0 bridgehead atoms. The van der Waals surface area contributed by atoms with Gasteiger partial charge in [0, 0.05) is 20.1 Å². The predicted molar refractivity (Wildman–Crippen MR) is 53.5 cm³/mol. The van der Waals surface area contributed by atoms with Crippen LogP contribution in [0.1, 0.15) is 45.4 Å². The van der Waals surface area contributed by atoms with Gasteiger partial charge in [-0.05, 0) is 12.8 Å². The van der Waals surface area contributed by atoms with Crippen LogP contribution in [0.5, 0.6) is 0 Å².